The Morgan fingerprint density at radius 3 is 3.00 bits per heavy atom. The van der Waals surface area contributed by atoms with Crippen LogP contribution in [0.3, 0.4) is 0 Å². The molecule has 1 fully saturated rings. The number of aryl methyl sites for hydroxylation is 1. The molecule has 1 aromatic rings. The summed E-state index contributed by atoms with van der Waals surface area (Å²) in [5, 5.41) is 14.6. The molecule has 1 saturated heterocycles. The van der Waals surface area contributed by atoms with Gasteiger partial charge in [-0.05, 0) is 50.5 Å². The highest BCUT2D eigenvalue weighted by molar-refractivity contribution is 5.74. The molecule has 5 nitrogen and oxygen atoms in total. The third-order valence-electron chi connectivity index (χ3n) is 3.91. The van der Waals surface area contributed by atoms with Gasteiger partial charge < -0.3 is 20.6 Å². The fourth-order valence-corrected chi connectivity index (χ4v) is 2.78. The van der Waals surface area contributed by atoms with Gasteiger partial charge in [-0.1, -0.05) is 0 Å². The predicted molar refractivity (Wildman–Crippen MR) is 84.6 cm³/mol. The molecule has 1 aromatic carbocycles. The highest BCUT2D eigenvalue weighted by Gasteiger charge is 2.23. The van der Waals surface area contributed by atoms with Crippen LogP contribution in [-0.4, -0.2) is 42.9 Å². The van der Waals surface area contributed by atoms with E-state index in [9.17, 15) is 9.18 Å². The Morgan fingerprint density at radius 2 is 2.32 bits per heavy atom. The maximum absolute atomic E-state index is 13.2. The summed E-state index contributed by atoms with van der Waals surface area (Å²) in [7, 11) is 0. The topological polar surface area (TPSA) is 64.6 Å². The molecule has 1 heterocycles. The van der Waals surface area contributed by atoms with E-state index in [2.05, 4.69) is 15.5 Å². The monoisotopic (exact) mass is 309 g/mol. The first-order valence-corrected chi connectivity index (χ1v) is 7.68. The van der Waals surface area contributed by atoms with Crippen molar-refractivity contribution in [3.63, 3.8) is 0 Å². The minimum Gasteiger partial charge on any atom is -0.394 e. The highest BCUT2D eigenvalue weighted by Crippen LogP contribution is 2.24. The number of aliphatic hydroxyl groups is 1. The van der Waals surface area contributed by atoms with E-state index in [0.717, 1.165) is 30.6 Å². The molecule has 0 saturated carbocycles. The second-order valence-corrected chi connectivity index (χ2v) is 5.92. The van der Waals surface area contributed by atoms with E-state index in [4.69, 9.17) is 5.11 Å². The van der Waals surface area contributed by atoms with E-state index in [1.165, 1.54) is 12.1 Å². The Balaban J connectivity index is 1.95. The van der Waals surface area contributed by atoms with Gasteiger partial charge in [-0.25, -0.2) is 9.18 Å². The largest absolute Gasteiger partial charge is 0.394 e. The highest BCUT2D eigenvalue weighted by atomic mass is 19.1. The third kappa shape index (κ3) is 4.34. The summed E-state index contributed by atoms with van der Waals surface area (Å²) in [6.45, 7) is 5.16. The second kappa shape index (κ2) is 7.45. The van der Waals surface area contributed by atoms with Crippen LogP contribution < -0.4 is 15.5 Å². The Hall–Kier alpha value is -1.82. The van der Waals surface area contributed by atoms with Crippen LogP contribution in [0.5, 0.6) is 0 Å². The lowest BCUT2D eigenvalue weighted by atomic mass is 10.0. The van der Waals surface area contributed by atoms with Gasteiger partial charge in [0.1, 0.15) is 5.82 Å². The van der Waals surface area contributed by atoms with Gasteiger partial charge in [-0.15, -0.1) is 0 Å². The summed E-state index contributed by atoms with van der Waals surface area (Å²) in [4.78, 5) is 14.0. The van der Waals surface area contributed by atoms with E-state index < -0.39 is 0 Å². The average molecular weight is 309 g/mol. The molecule has 2 unspecified atom stereocenters. The zero-order valence-corrected chi connectivity index (χ0v) is 13.1. The maximum Gasteiger partial charge on any atom is 0.315 e. The number of amides is 2. The van der Waals surface area contributed by atoms with Gasteiger partial charge in [-0.2, -0.15) is 0 Å². The van der Waals surface area contributed by atoms with Crippen LogP contribution in [-0.2, 0) is 0 Å². The quantitative estimate of drug-likeness (QED) is 0.794. The zero-order valence-electron chi connectivity index (χ0n) is 13.1. The SMILES string of the molecule is Cc1cc(F)ccc1N1CCCC(NC(=O)NC(C)CO)C1. The van der Waals surface area contributed by atoms with Crippen LogP contribution in [0.4, 0.5) is 14.9 Å². The van der Waals surface area contributed by atoms with Crippen molar-refractivity contribution in [3.05, 3.63) is 29.6 Å². The van der Waals surface area contributed by atoms with Crippen LogP contribution in [0, 0.1) is 12.7 Å². The van der Waals surface area contributed by atoms with E-state index in [-0.39, 0.29) is 30.5 Å². The zero-order chi connectivity index (χ0) is 16.1. The fourth-order valence-electron chi connectivity index (χ4n) is 2.78. The lowest BCUT2D eigenvalue weighted by molar-refractivity contribution is 0.216. The number of anilines is 1. The number of urea groups is 1. The van der Waals surface area contributed by atoms with Crippen molar-refractivity contribution in [2.45, 2.75) is 38.8 Å². The van der Waals surface area contributed by atoms with Crippen molar-refractivity contribution >= 4 is 11.7 Å². The molecule has 2 atom stereocenters. The first-order valence-electron chi connectivity index (χ1n) is 7.68. The van der Waals surface area contributed by atoms with Crippen molar-refractivity contribution in [2.24, 2.45) is 0 Å². The first kappa shape index (κ1) is 16.5. The number of carbonyl (C=O) groups excluding carboxylic acids is 1. The predicted octanol–water partition coefficient (Wildman–Crippen LogP) is 1.78. The van der Waals surface area contributed by atoms with Crippen molar-refractivity contribution in [1.82, 2.24) is 10.6 Å². The molecule has 1 aliphatic rings. The van der Waals surface area contributed by atoms with Crippen LogP contribution >= 0.6 is 0 Å². The molecule has 0 radical (unpaired) electrons. The minimum atomic E-state index is -0.265. The van der Waals surface area contributed by atoms with E-state index in [0.29, 0.717) is 6.54 Å². The number of benzene rings is 1. The molecule has 22 heavy (non-hydrogen) atoms. The molecule has 0 aliphatic carbocycles. The van der Waals surface area contributed by atoms with E-state index >= 15 is 0 Å². The molecule has 1 aliphatic heterocycles. The van der Waals surface area contributed by atoms with E-state index in [1.54, 1.807) is 13.0 Å². The minimum absolute atomic E-state index is 0.0455. The molecule has 6 heteroatoms. The number of carbonyl (C=O) groups is 1. The average Bonchev–Trinajstić information content (AvgIpc) is 2.47. The lowest BCUT2D eigenvalue weighted by Crippen LogP contribution is -2.52. The second-order valence-electron chi connectivity index (χ2n) is 5.92. The summed E-state index contributed by atoms with van der Waals surface area (Å²) < 4.78 is 13.2. The molecule has 3 N–H and O–H groups in total. The first-order chi connectivity index (χ1) is 10.5. The number of nitrogens with one attached hydrogen (secondary N) is 2. The Bertz CT molecular complexity index is 524. The Morgan fingerprint density at radius 1 is 1.55 bits per heavy atom. The number of rotatable bonds is 4. The van der Waals surface area contributed by atoms with Crippen LogP contribution in [0.15, 0.2) is 18.2 Å². The molecular formula is C16H24FN3O2. The molecular weight excluding hydrogens is 285 g/mol. The fraction of sp³-hybridized carbons (Fsp3) is 0.562. The lowest BCUT2D eigenvalue weighted by Gasteiger charge is -2.35. The molecule has 122 valence electrons. The third-order valence-corrected chi connectivity index (χ3v) is 3.91. The molecule has 2 rings (SSSR count). The Kier molecular flexibility index (Phi) is 5.60. The van der Waals surface area contributed by atoms with Gasteiger partial charge in [0.05, 0.1) is 12.6 Å². The number of halogens is 1. The number of hydrogen-bond donors (Lipinski definition) is 3. The Labute approximate surface area is 130 Å². The van der Waals surface area contributed by atoms with Crippen LogP contribution in [0.1, 0.15) is 25.3 Å². The van der Waals surface area contributed by atoms with Crippen molar-refractivity contribution in [2.75, 3.05) is 24.6 Å². The van der Waals surface area contributed by atoms with E-state index in [1.807, 2.05) is 6.92 Å². The van der Waals surface area contributed by atoms with Gasteiger partial charge in [-0.3, -0.25) is 0 Å². The molecule has 0 spiro atoms. The molecule has 2 amide bonds. The van der Waals surface area contributed by atoms with Gasteiger partial charge in [0.25, 0.3) is 0 Å². The van der Waals surface area contributed by atoms with Crippen molar-refractivity contribution in [3.8, 4) is 0 Å². The van der Waals surface area contributed by atoms with Gasteiger partial charge in [0, 0.05) is 24.8 Å². The number of piperidine rings is 1. The number of hydrogen-bond acceptors (Lipinski definition) is 3. The number of aliphatic hydroxyl groups excluding tert-OH is 1. The summed E-state index contributed by atoms with van der Waals surface area (Å²) in [5.74, 6) is -0.231. The molecule has 0 bridgehead atoms. The summed E-state index contributed by atoms with van der Waals surface area (Å²) in [6, 6.07) is 4.31. The summed E-state index contributed by atoms with van der Waals surface area (Å²) in [6.07, 6.45) is 1.88. The molecule has 0 aromatic heterocycles. The number of nitrogens with zero attached hydrogens (tertiary/aromatic N) is 1. The summed E-state index contributed by atoms with van der Waals surface area (Å²) in [5.41, 5.74) is 1.91. The van der Waals surface area contributed by atoms with Crippen LogP contribution in [0.25, 0.3) is 0 Å². The van der Waals surface area contributed by atoms with Gasteiger partial charge in [0.2, 0.25) is 0 Å². The normalized spacial score (nSPS) is 19.6. The maximum atomic E-state index is 13.2. The standard InChI is InChI=1S/C16H24FN3O2/c1-11-8-13(17)5-6-15(11)20-7-3-4-14(9-20)19-16(22)18-12(2)10-21/h5-6,8,12,14,21H,3-4,7,9-10H2,1-2H3,(H2,18,19,22). The summed E-state index contributed by atoms with van der Waals surface area (Å²) >= 11 is 0. The smallest absolute Gasteiger partial charge is 0.315 e. The van der Waals surface area contributed by atoms with Crippen LogP contribution in [0.2, 0.25) is 0 Å². The van der Waals surface area contributed by atoms with Crippen molar-refractivity contribution in [1.29, 1.82) is 0 Å². The van der Waals surface area contributed by atoms with Gasteiger partial charge in [0.15, 0.2) is 0 Å². The van der Waals surface area contributed by atoms with Crippen molar-refractivity contribution < 1.29 is 14.3 Å². The van der Waals surface area contributed by atoms with Gasteiger partial charge >= 0.3 is 6.03 Å².